The Kier molecular flexibility index (Phi) is 6.39. The van der Waals surface area contributed by atoms with Gasteiger partial charge in [0.2, 0.25) is 5.91 Å². The van der Waals surface area contributed by atoms with E-state index in [9.17, 15) is 4.79 Å². The number of aryl methyl sites for hydroxylation is 1. The van der Waals surface area contributed by atoms with Gasteiger partial charge in [0.25, 0.3) is 0 Å². The number of carbonyl (C=O) groups is 1. The molecular weight excluding hydrogens is 306 g/mol. The summed E-state index contributed by atoms with van der Waals surface area (Å²) in [5, 5.41) is 14.3. The van der Waals surface area contributed by atoms with E-state index >= 15 is 0 Å². The normalized spacial score (nSPS) is 12.4. The average Bonchev–Trinajstić information content (AvgIpc) is 2.97. The van der Waals surface area contributed by atoms with Gasteiger partial charge in [-0.05, 0) is 69.0 Å². The van der Waals surface area contributed by atoms with Gasteiger partial charge in [-0.25, -0.2) is 0 Å². The summed E-state index contributed by atoms with van der Waals surface area (Å²) in [6.07, 6.45) is 2.63. The van der Waals surface area contributed by atoms with Crippen LogP contribution in [0.2, 0.25) is 0 Å². The second kappa shape index (κ2) is 8.51. The number of nitrogens with one attached hydrogen (secondary N) is 1. The highest BCUT2D eigenvalue weighted by Crippen LogP contribution is 2.15. The zero-order chi connectivity index (χ0) is 17.5. The van der Waals surface area contributed by atoms with Crippen molar-refractivity contribution >= 4 is 11.6 Å². The molecule has 1 amide bonds. The summed E-state index contributed by atoms with van der Waals surface area (Å²) < 4.78 is 1.61. The quantitative estimate of drug-likeness (QED) is 0.699. The fourth-order valence-electron chi connectivity index (χ4n) is 2.34. The van der Waals surface area contributed by atoms with Crippen molar-refractivity contribution in [3.05, 3.63) is 30.1 Å². The van der Waals surface area contributed by atoms with Crippen LogP contribution in [0.3, 0.4) is 0 Å². The largest absolute Gasteiger partial charge is 0.325 e. The van der Waals surface area contributed by atoms with E-state index in [-0.39, 0.29) is 5.91 Å². The number of rotatable bonds is 8. The molecule has 3 N–H and O–H groups in total. The maximum absolute atomic E-state index is 12.2. The summed E-state index contributed by atoms with van der Waals surface area (Å²) in [5.41, 5.74) is 7.44. The van der Waals surface area contributed by atoms with Crippen molar-refractivity contribution in [2.45, 2.75) is 32.2 Å². The zero-order valence-corrected chi connectivity index (χ0v) is 14.4. The van der Waals surface area contributed by atoms with Crippen LogP contribution in [0, 0.1) is 6.92 Å². The second-order valence-corrected chi connectivity index (χ2v) is 6.08. The minimum absolute atomic E-state index is 0.176. The van der Waals surface area contributed by atoms with Gasteiger partial charge in [0.05, 0.1) is 11.7 Å². The summed E-state index contributed by atoms with van der Waals surface area (Å²) in [5.74, 6) is 0.501. The number of aromatic nitrogens is 4. The van der Waals surface area contributed by atoms with Gasteiger partial charge >= 0.3 is 0 Å². The maximum Gasteiger partial charge on any atom is 0.241 e. The van der Waals surface area contributed by atoms with Gasteiger partial charge in [0.1, 0.15) is 0 Å². The van der Waals surface area contributed by atoms with Crippen LogP contribution in [0.5, 0.6) is 0 Å². The van der Waals surface area contributed by atoms with Crippen molar-refractivity contribution in [3.8, 4) is 5.69 Å². The number of hydrogen-bond donors (Lipinski definition) is 2. The Hall–Kier alpha value is -2.32. The van der Waals surface area contributed by atoms with Crippen LogP contribution in [0.1, 0.15) is 25.1 Å². The predicted octanol–water partition coefficient (Wildman–Crippen LogP) is 0.968. The Morgan fingerprint density at radius 3 is 2.83 bits per heavy atom. The molecule has 1 heterocycles. The Morgan fingerprint density at radius 1 is 1.38 bits per heavy atom. The van der Waals surface area contributed by atoms with Crippen LogP contribution in [-0.4, -0.2) is 57.7 Å². The number of carbonyl (C=O) groups excluding carboxylic acids is 1. The molecule has 24 heavy (non-hydrogen) atoms. The predicted molar refractivity (Wildman–Crippen MR) is 92.9 cm³/mol. The first-order valence-corrected chi connectivity index (χ1v) is 8.04. The molecule has 0 bridgehead atoms. The van der Waals surface area contributed by atoms with Crippen LogP contribution in [0.15, 0.2) is 24.3 Å². The first-order valence-electron chi connectivity index (χ1n) is 8.04. The van der Waals surface area contributed by atoms with Gasteiger partial charge in [0, 0.05) is 5.69 Å². The highest BCUT2D eigenvalue weighted by atomic mass is 16.2. The van der Waals surface area contributed by atoms with Gasteiger partial charge in [-0.15, -0.1) is 5.10 Å². The third-order valence-electron chi connectivity index (χ3n) is 3.69. The smallest absolute Gasteiger partial charge is 0.241 e. The van der Waals surface area contributed by atoms with Gasteiger partial charge in [-0.2, -0.15) is 4.68 Å². The molecule has 0 radical (unpaired) electrons. The van der Waals surface area contributed by atoms with Crippen LogP contribution >= 0.6 is 0 Å². The van der Waals surface area contributed by atoms with Crippen molar-refractivity contribution in [1.82, 2.24) is 25.1 Å². The molecular formula is C16H25N7O. The number of amides is 1. The lowest BCUT2D eigenvalue weighted by atomic mass is 10.1. The van der Waals surface area contributed by atoms with Gasteiger partial charge in [-0.3, -0.25) is 4.79 Å². The number of benzene rings is 1. The molecule has 0 spiro atoms. The molecule has 8 nitrogen and oxygen atoms in total. The second-order valence-electron chi connectivity index (χ2n) is 6.08. The molecule has 1 aromatic heterocycles. The van der Waals surface area contributed by atoms with Crippen molar-refractivity contribution in [2.75, 3.05) is 26.0 Å². The molecule has 0 fully saturated rings. The van der Waals surface area contributed by atoms with E-state index in [1.807, 2.05) is 45.3 Å². The van der Waals surface area contributed by atoms with Crippen molar-refractivity contribution < 1.29 is 4.79 Å². The van der Waals surface area contributed by atoms with Gasteiger partial charge in [-0.1, -0.05) is 12.5 Å². The number of unbranched alkanes of at least 4 members (excludes halogenated alkanes) is 1. The monoisotopic (exact) mass is 331 g/mol. The van der Waals surface area contributed by atoms with Crippen molar-refractivity contribution in [2.24, 2.45) is 5.73 Å². The SMILES string of the molecule is Cc1nnnn1-c1cccc(NC(=O)[C@@H](N)CCCCN(C)C)c1. The van der Waals surface area contributed by atoms with Crippen LogP contribution < -0.4 is 11.1 Å². The molecule has 0 saturated carbocycles. The van der Waals surface area contributed by atoms with Crippen molar-refractivity contribution in [1.29, 1.82) is 0 Å². The molecule has 2 aromatic rings. The number of anilines is 1. The Labute approximate surface area is 142 Å². The average molecular weight is 331 g/mol. The molecule has 0 saturated heterocycles. The van der Waals surface area contributed by atoms with E-state index in [0.29, 0.717) is 17.9 Å². The number of nitrogens with two attached hydrogens (primary N) is 1. The summed E-state index contributed by atoms with van der Waals surface area (Å²) in [4.78, 5) is 14.3. The third-order valence-corrected chi connectivity index (χ3v) is 3.69. The van der Waals surface area contributed by atoms with E-state index in [1.54, 1.807) is 4.68 Å². The molecule has 2 rings (SSSR count). The van der Waals surface area contributed by atoms with E-state index in [4.69, 9.17) is 5.73 Å². The minimum atomic E-state index is -0.509. The van der Waals surface area contributed by atoms with Crippen LogP contribution in [0.4, 0.5) is 5.69 Å². The molecule has 0 aliphatic carbocycles. The van der Waals surface area contributed by atoms with E-state index < -0.39 is 6.04 Å². The van der Waals surface area contributed by atoms with Crippen LogP contribution in [-0.2, 0) is 4.79 Å². The first kappa shape index (κ1) is 18.0. The molecule has 1 atom stereocenters. The lowest BCUT2D eigenvalue weighted by Gasteiger charge is -2.14. The van der Waals surface area contributed by atoms with E-state index in [1.165, 1.54) is 0 Å². The Morgan fingerprint density at radius 2 is 2.17 bits per heavy atom. The van der Waals surface area contributed by atoms with Gasteiger partial charge in [0.15, 0.2) is 5.82 Å². The molecule has 1 aromatic carbocycles. The lowest BCUT2D eigenvalue weighted by Crippen LogP contribution is -2.35. The summed E-state index contributed by atoms with van der Waals surface area (Å²) in [6, 6.07) is 6.85. The topological polar surface area (TPSA) is 102 Å². The van der Waals surface area contributed by atoms with Crippen molar-refractivity contribution in [3.63, 3.8) is 0 Å². The molecule has 0 unspecified atom stereocenters. The Balaban J connectivity index is 1.91. The van der Waals surface area contributed by atoms with Gasteiger partial charge < -0.3 is 16.0 Å². The van der Waals surface area contributed by atoms with Crippen LogP contribution in [0.25, 0.3) is 5.69 Å². The minimum Gasteiger partial charge on any atom is -0.325 e. The summed E-state index contributed by atoms with van der Waals surface area (Å²) in [6.45, 7) is 2.82. The Bertz CT molecular complexity index is 668. The fraction of sp³-hybridized carbons (Fsp3) is 0.500. The molecule has 130 valence electrons. The number of hydrogen-bond acceptors (Lipinski definition) is 6. The zero-order valence-electron chi connectivity index (χ0n) is 14.4. The van der Waals surface area contributed by atoms with E-state index in [0.717, 1.165) is 25.1 Å². The number of nitrogens with zero attached hydrogens (tertiary/aromatic N) is 5. The molecule has 8 heteroatoms. The lowest BCUT2D eigenvalue weighted by molar-refractivity contribution is -0.117. The summed E-state index contributed by atoms with van der Waals surface area (Å²) in [7, 11) is 4.07. The highest BCUT2D eigenvalue weighted by Gasteiger charge is 2.14. The molecule has 0 aliphatic rings. The standard InChI is InChI=1S/C16H25N7O/c1-12-19-20-21-23(12)14-8-6-7-13(11-14)18-16(24)15(17)9-4-5-10-22(2)3/h6-8,11,15H,4-5,9-10,17H2,1-3H3,(H,18,24)/t15-/m0/s1. The number of tetrazole rings is 1. The van der Waals surface area contributed by atoms with E-state index in [2.05, 4.69) is 25.7 Å². The first-order chi connectivity index (χ1) is 11.5. The third kappa shape index (κ3) is 5.10. The highest BCUT2D eigenvalue weighted by molar-refractivity contribution is 5.94. The molecule has 0 aliphatic heterocycles. The maximum atomic E-state index is 12.2. The fourth-order valence-corrected chi connectivity index (χ4v) is 2.34. The summed E-state index contributed by atoms with van der Waals surface area (Å²) >= 11 is 0.